The number of hydrogen-bond donors (Lipinski definition) is 1. The first-order valence-corrected chi connectivity index (χ1v) is 4.06. The van der Waals surface area contributed by atoms with Crippen LogP contribution in [0.3, 0.4) is 0 Å². The van der Waals surface area contributed by atoms with Crippen LogP contribution < -0.4 is 0 Å². The third kappa shape index (κ3) is 6.09. The second-order valence-electron chi connectivity index (χ2n) is 3.21. The van der Waals surface area contributed by atoms with Crippen molar-refractivity contribution in [1.82, 2.24) is 4.90 Å². The Balaban J connectivity index is 3.77. The molecule has 0 aromatic carbocycles. The van der Waals surface area contributed by atoms with Crippen molar-refractivity contribution in [2.75, 3.05) is 26.3 Å². The van der Waals surface area contributed by atoms with E-state index in [1.807, 2.05) is 13.8 Å². The van der Waals surface area contributed by atoms with Crippen molar-refractivity contribution in [3.63, 3.8) is 0 Å². The van der Waals surface area contributed by atoms with Gasteiger partial charge in [-0.25, -0.2) is 4.39 Å². The smallest absolute Gasteiger partial charge is 0.317 e. The number of aliphatic carboxylic acids is 1. The highest BCUT2D eigenvalue weighted by Crippen LogP contribution is 1.97. The van der Waals surface area contributed by atoms with Crippen LogP contribution in [-0.2, 0) is 4.79 Å². The molecule has 0 fully saturated rings. The number of carbonyl (C=O) groups is 1. The van der Waals surface area contributed by atoms with E-state index in [0.717, 1.165) is 0 Å². The SMILES string of the molecule is CC(C)CN(CCF)CC(=O)O. The molecule has 12 heavy (non-hydrogen) atoms. The highest BCUT2D eigenvalue weighted by molar-refractivity contribution is 5.69. The molecule has 0 saturated heterocycles. The summed E-state index contributed by atoms with van der Waals surface area (Å²) in [6, 6.07) is 0. The van der Waals surface area contributed by atoms with Gasteiger partial charge in [0.25, 0.3) is 0 Å². The van der Waals surface area contributed by atoms with E-state index in [1.54, 1.807) is 4.90 Å². The van der Waals surface area contributed by atoms with Crippen molar-refractivity contribution in [2.24, 2.45) is 5.92 Å². The van der Waals surface area contributed by atoms with Crippen molar-refractivity contribution in [2.45, 2.75) is 13.8 Å². The van der Waals surface area contributed by atoms with E-state index in [9.17, 15) is 9.18 Å². The molecule has 4 heteroatoms. The highest BCUT2D eigenvalue weighted by Gasteiger charge is 2.10. The van der Waals surface area contributed by atoms with Gasteiger partial charge < -0.3 is 5.11 Å². The summed E-state index contributed by atoms with van der Waals surface area (Å²) < 4.78 is 11.9. The van der Waals surface area contributed by atoms with Crippen LogP contribution in [0.4, 0.5) is 4.39 Å². The van der Waals surface area contributed by atoms with Gasteiger partial charge in [-0.3, -0.25) is 9.69 Å². The van der Waals surface area contributed by atoms with Gasteiger partial charge in [-0.2, -0.15) is 0 Å². The number of hydrogen-bond acceptors (Lipinski definition) is 2. The van der Waals surface area contributed by atoms with Crippen LogP contribution in [0.2, 0.25) is 0 Å². The number of rotatable bonds is 6. The first-order chi connectivity index (χ1) is 5.56. The summed E-state index contributed by atoms with van der Waals surface area (Å²) >= 11 is 0. The molecule has 0 atom stereocenters. The zero-order valence-electron chi connectivity index (χ0n) is 7.59. The highest BCUT2D eigenvalue weighted by atomic mass is 19.1. The lowest BCUT2D eigenvalue weighted by atomic mass is 10.2. The molecule has 0 heterocycles. The molecule has 0 spiro atoms. The molecular formula is C8H16FNO2. The van der Waals surface area contributed by atoms with Gasteiger partial charge in [0, 0.05) is 13.1 Å². The molecular weight excluding hydrogens is 161 g/mol. The van der Waals surface area contributed by atoms with Crippen molar-refractivity contribution < 1.29 is 14.3 Å². The van der Waals surface area contributed by atoms with Crippen LogP contribution in [0.1, 0.15) is 13.8 Å². The molecule has 0 radical (unpaired) electrons. The molecule has 1 N–H and O–H groups in total. The molecule has 72 valence electrons. The van der Waals surface area contributed by atoms with E-state index in [0.29, 0.717) is 12.5 Å². The third-order valence-electron chi connectivity index (χ3n) is 1.38. The number of alkyl halides is 1. The van der Waals surface area contributed by atoms with Gasteiger partial charge in [-0.1, -0.05) is 13.8 Å². The molecule has 0 rings (SSSR count). The van der Waals surface area contributed by atoms with E-state index < -0.39 is 12.6 Å². The number of nitrogens with zero attached hydrogens (tertiary/aromatic N) is 1. The molecule has 0 aliphatic rings. The van der Waals surface area contributed by atoms with Crippen molar-refractivity contribution in [3.05, 3.63) is 0 Å². The summed E-state index contributed by atoms with van der Waals surface area (Å²) in [4.78, 5) is 11.9. The predicted molar refractivity (Wildman–Crippen MR) is 44.9 cm³/mol. The minimum atomic E-state index is -0.899. The summed E-state index contributed by atoms with van der Waals surface area (Å²) in [5, 5.41) is 8.46. The van der Waals surface area contributed by atoms with Gasteiger partial charge in [0.1, 0.15) is 6.67 Å². The third-order valence-corrected chi connectivity index (χ3v) is 1.38. The second kappa shape index (κ2) is 5.94. The lowest BCUT2D eigenvalue weighted by Crippen LogP contribution is -2.34. The molecule has 0 amide bonds. The normalized spacial score (nSPS) is 11.1. The average molecular weight is 177 g/mol. The van der Waals surface area contributed by atoms with Gasteiger partial charge in [0.05, 0.1) is 6.54 Å². The second-order valence-corrected chi connectivity index (χ2v) is 3.21. The molecule has 0 unspecified atom stereocenters. The van der Waals surface area contributed by atoms with Crippen molar-refractivity contribution >= 4 is 5.97 Å². The van der Waals surface area contributed by atoms with Crippen LogP contribution >= 0.6 is 0 Å². The maximum absolute atomic E-state index is 11.9. The summed E-state index contributed by atoms with van der Waals surface area (Å²) in [6.45, 7) is 4.25. The van der Waals surface area contributed by atoms with Gasteiger partial charge in [-0.05, 0) is 5.92 Å². The Bertz CT molecular complexity index is 139. The zero-order valence-corrected chi connectivity index (χ0v) is 7.59. The van der Waals surface area contributed by atoms with E-state index in [2.05, 4.69) is 0 Å². The first-order valence-electron chi connectivity index (χ1n) is 4.06. The Morgan fingerprint density at radius 3 is 2.50 bits per heavy atom. The largest absolute Gasteiger partial charge is 0.480 e. The molecule has 0 aliphatic heterocycles. The van der Waals surface area contributed by atoms with Crippen LogP contribution in [0.15, 0.2) is 0 Å². The topological polar surface area (TPSA) is 40.5 Å². The minimum Gasteiger partial charge on any atom is -0.480 e. The fraction of sp³-hybridized carbons (Fsp3) is 0.875. The molecule has 0 aromatic rings. The van der Waals surface area contributed by atoms with Crippen molar-refractivity contribution in [1.29, 1.82) is 0 Å². The van der Waals surface area contributed by atoms with Gasteiger partial charge in [-0.15, -0.1) is 0 Å². The Hall–Kier alpha value is -0.640. The van der Waals surface area contributed by atoms with Crippen LogP contribution in [0, 0.1) is 5.92 Å². The van der Waals surface area contributed by atoms with Gasteiger partial charge in [0.15, 0.2) is 0 Å². The fourth-order valence-corrected chi connectivity index (χ4v) is 1.06. The lowest BCUT2D eigenvalue weighted by molar-refractivity contribution is -0.138. The Morgan fingerprint density at radius 2 is 2.17 bits per heavy atom. The molecule has 3 nitrogen and oxygen atoms in total. The number of carboxylic acid groups (broad SMARTS) is 1. The van der Waals surface area contributed by atoms with Gasteiger partial charge in [0.2, 0.25) is 0 Å². The predicted octanol–water partition coefficient (Wildman–Crippen LogP) is 0.999. The molecule has 0 saturated carbocycles. The summed E-state index contributed by atoms with van der Waals surface area (Å²) in [5.74, 6) is -0.528. The Labute approximate surface area is 72.2 Å². The zero-order chi connectivity index (χ0) is 9.56. The molecule has 0 aromatic heterocycles. The standard InChI is InChI=1S/C8H16FNO2/c1-7(2)5-10(4-3-9)6-8(11)12/h7H,3-6H2,1-2H3,(H,11,12). The van der Waals surface area contributed by atoms with Crippen molar-refractivity contribution in [3.8, 4) is 0 Å². The fourth-order valence-electron chi connectivity index (χ4n) is 1.06. The average Bonchev–Trinajstić information content (AvgIpc) is 1.84. The lowest BCUT2D eigenvalue weighted by Gasteiger charge is -2.20. The molecule has 0 bridgehead atoms. The number of carboxylic acids is 1. The van der Waals surface area contributed by atoms with E-state index in [1.165, 1.54) is 0 Å². The molecule has 0 aliphatic carbocycles. The quantitative estimate of drug-likeness (QED) is 0.658. The Kier molecular flexibility index (Phi) is 5.62. The maximum Gasteiger partial charge on any atom is 0.317 e. The van der Waals surface area contributed by atoms with Crippen LogP contribution in [0.5, 0.6) is 0 Å². The number of halogens is 1. The van der Waals surface area contributed by atoms with Gasteiger partial charge >= 0.3 is 5.97 Å². The van der Waals surface area contributed by atoms with E-state index >= 15 is 0 Å². The first kappa shape index (κ1) is 11.4. The summed E-state index contributed by atoms with van der Waals surface area (Å²) in [6.07, 6.45) is 0. The van der Waals surface area contributed by atoms with E-state index in [4.69, 9.17) is 5.11 Å². The summed E-state index contributed by atoms with van der Waals surface area (Å²) in [7, 11) is 0. The Morgan fingerprint density at radius 1 is 1.58 bits per heavy atom. The van der Waals surface area contributed by atoms with Crippen LogP contribution in [0.25, 0.3) is 0 Å². The monoisotopic (exact) mass is 177 g/mol. The summed E-state index contributed by atoms with van der Waals surface area (Å²) in [5.41, 5.74) is 0. The van der Waals surface area contributed by atoms with Crippen LogP contribution in [-0.4, -0.2) is 42.3 Å². The maximum atomic E-state index is 11.9. The van der Waals surface area contributed by atoms with E-state index in [-0.39, 0.29) is 13.1 Å². The minimum absolute atomic E-state index is 0.0674.